The number of rotatable bonds is 8. The number of hydrogen-bond donors (Lipinski definition) is 3. The Morgan fingerprint density at radius 2 is 1.91 bits per heavy atom. The minimum atomic E-state index is 0. The third kappa shape index (κ3) is 7.55. The number of nitrogens with one attached hydrogen (secondary N) is 2. The second-order valence-electron chi connectivity index (χ2n) is 8.05. The summed E-state index contributed by atoms with van der Waals surface area (Å²) < 4.78 is 5.15. The summed E-state index contributed by atoms with van der Waals surface area (Å²) >= 11 is 0. The van der Waals surface area contributed by atoms with Crippen LogP contribution in [-0.4, -0.2) is 55.3 Å². The molecule has 1 aliphatic heterocycles. The van der Waals surface area contributed by atoms with Crippen molar-refractivity contribution in [3.05, 3.63) is 59.7 Å². The van der Waals surface area contributed by atoms with Gasteiger partial charge in [-0.1, -0.05) is 36.4 Å². The molecule has 0 aliphatic carbocycles. The number of aromatic hydroxyl groups is 1. The zero-order valence-electron chi connectivity index (χ0n) is 19.4. The van der Waals surface area contributed by atoms with Crippen LogP contribution in [0.2, 0.25) is 0 Å². The smallest absolute Gasteiger partial charge is 0.191 e. The number of phenols is 1. The number of phenolic OH excluding ortho intramolecular Hbond substituents is 1. The van der Waals surface area contributed by atoms with Crippen molar-refractivity contribution in [1.82, 2.24) is 15.5 Å². The van der Waals surface area contributed by atoms with Crippen molar-refractivity contribution < 1.29 is 9.84 Å². The largest absolute Gasteiger partial charge is 0.508 e. The van der Waals surface area contributed by atoms with Crippen LogP contribution < -0.4 is 15.4 Å². The van der Waals surface area contributed by atoms with Gasteiger partial charge in [0.15, 0.2) is 5.96 Å². The Hall–Kier alpha value is -2.00. The zero-order chi connectivity index (χ0) is 22.1. The monoisotopic (exact) mass is 552 g/mol. The highest BCUT2D eigenvalue weighted by Gasteiger charge is 2.24. The van der Waals surface area contributed by atoms with Gasteiger partial charge in [0.1, 0.15) is 11.5 Å². The van der Waals surface area contributed by atoms with Gasteiger partial charge in [0.25, 0.3) is 0 Å². The number of nitrogens with zero attached hydrogens (tertiary/aromatic N) is 2. The van der Waals surface area contributed by atoms with Gasteiger partial charge >= 0.3 is 0 Å². The van der Waals surface area contributed by atoms with Crippen molar-refractivity contribution in [3.8, 4) is 11.5 Å². The van der Waals surface area contributed by atoms with Crippen LogP contribution >= 0.6 is 24.0 Å². The molecule has 1 atom stereocenters. The van der Waals surface area contributed by atoms with Gasteiger partial charge in [0.05, 0.1) is 7.11 Å². The van der Waals surface area contributed by atoms with Crippen LogP contribution in [0.1, 0.15) is 43.9 Å². The lowest BCUT2D eigenvalue weighted by Gasteiger charge is -2.37. The Morgan fingerprint density at radius 1 is 1.19 bits per heavy atom. The predicted octanol–water partition coefficient (Wildman–Crippen LogP) is 4.34. The van der Waals surface area contributed by atoms with Gasteiger partial charge in [-0.05, 0) is 50.3 Å². The number of piperidine rings is 1. The molecular formula is C25H37IN4O2. The van der Waals surface area contributed by atoms with Crippen LogP contribution in [0.3, 0.4) is 0 Å². The van der Waals surface area contributed by atoms with Crippen LogP contribution in [0, 0.1) is 0 Å². The molecule has 0 spiro atoms. The van der Waals surface area contributed by atoms with E-state index in [2.05, 4.69) is 59.7 Å². The van der Waals surface area contributed by atoms with Crippen molar-refractivity contribution in [1.29, 1.82) is 0 Å². The highest BCUT2D eigenvalue weighted by molar-refractivity contribution is 14.0. The molecule has 32 heavy (non-hydrogen) atoms. The number of guanidine groups is 1. The number of likely N-dealkylation sites (tertiary alicyclic amines) is 1. The van der Waals surface area contributed by atoms with E-state index < -0.39 is 0 Å². The van der Waals surface area contributed by atoms with Crippen molar-refractivity contribution in [2.45, 2.75) is 45.2 Å². The average molecular weight is 553 g/mol. The molecule has 0 radical (unpaired) electrons. The third-order valence-corrected chi connectivity index (χ3v) is 5.99. The molecule has 6 nitrogen and oxygen atoms in total. The number of ether oxygens (including phenoxy) is 1. The maximum absolute atomic E-state index is 10.1. The molecule has 3 N–H and O–H groups in total. The summed E-state index contributed by atoms with van der Waals surface area (Å²) in [6.45, 7) is 7.96. The minimum Gasteiger partial charge on any atom is -0.508 e. The zero-order valence-corrected chi connectivity index (χ0v) is 21.7. The number of halogens is 1. The van der Waals surface area contributed by atoms with Crippen LogP contribution in [0.15, 0.2) is 53.5 Å². The molecule has 2 aromatic carbocycles. The summed E-state index contributed by atoms with van der Waals surface area (Å²) in [5.41, 5.74) is 2.26. The van der Waals surface area contributed by atoms with Crippen LogP contribution in [0.5, 0.6) is 11.5 Å². The van der Waals surface area contributed by atoms with Crippen molar-refractivity contribution in [2.75, 3.05) is 33.3 Å². The van der Waals surface area contributed by atoms with Gasteiger partial charge in [-0.15, -0.1) is 24.0 Å². The summed E-state index contributed by atoms with van der Waals surface area (Å²) in [5.74, 6) is 1.77. The summed E-state index contributed by atoms with van der Waals surface area (Å²) in [6.07, 6.45) is 2.88. The molecule has 1 fully saturated rings. The summed E-state index contributed by atoms with van der Waals surface area (Å²) in [5, 5.41) is 17.1. The first-order valence-corrected chi connectivity index (χ1v) is 11.3. The molecule has 2 aromatic rings. The molecule has 0 amide bonds. The van der Waals surface area contributed by atoms with Gasteiger partial charge in [0, 0.05) is 44.3 Å². The summed E-state index contributed by atoms with van der Waals surface area (Å²) in [6, 6.07) is 17.0. The quantitative estimate of drug-likeness (QED) is 0.258. The number of hydrogen-bond acceptors (Lipinski definition) is 4. The number of methoxy groups -OCH3 is 1. The fraction of sp³-hybridized carbons (Fsp3) is 0.480. The van der Waals surface area contributed by atoms with Gasteiger partial charge in [-0.2, -0.15) is 0 Å². The van der Waals surface area contributed by atoms with E-state index in [0.29, 0.717) is 30.8 Å². The lowest BCUT2D eigenvalue weighted by molar-refractivity contribution is 0.158. The highest BCUT2D eigenvalue weighted by Crippen LogP contribution is 2.25. The molecule has 176 valence electrons. The Bertz CT molecular complexity index is 839. The Balaban J connectivity index is 0.00000363. The minimum absolute atomic E-state index is 0. The topological polar surface area (TPSA) is 69.1 Å². The predicted molar refractivity (Wildman–Crippen MR) is 142 cm³/mol. The van der Waals surface area contributed by atoms with E-state index >= 15 is 0 Å². The highest BCUT2D eigenvalue weighted by atomic mass is 127. The molecule has 1 unspecified atom stereocenters. The summed E-state index contributed by atoms with van der Waals surface area (Å²) in [7, 11) is 1.60. The molecule has 7 heteroatoms. The molecule has 1 saturated heterocycles. The third-order valence-electron chi connectivity index (χ3n) is 5.99. The van der Waals surface area contributed by atoms with E-state index in [9.17, 15) is 5.11 Å². The molecule has 0 saturated carbocycles. The van der Waals surface area contributed by atoms with Gasteiger partial charge < -0.3 is 20.5 Å². The number of benzene rings is 2. The molecule has 0 aromatic heterocycles. The van der Waals surface area contributed by atoms with Crippen molar-refractivity contribution in [2.24, 2.45) is 4.99 Å². The molecule has 3 rings (SSSR count). The first kappa shape index (κ1) is 26.3. The molecule has 1 aliphatic rings. The number of aliphatic imine (C=N–C) groups is 1. The van der Waals surface area contributed by atoms with Crippen LogP contribution in [0.4, 0.5) is 0 Å². The van der Waals surface area contributed by atoms with E-state index in [1.54, 1.807) is 13.2 Å². The van der Waals surface area contributed by atoms with Crippen LogP contribution in [0.25, 0.3) is 0 Å². The second-order valence-corrected chi connectivity index (χ2v) is 8.05. The Labute approximate surface area is 209 Å². The fourth-order valence-electron chi connectivity index (χ4n) is 4.06. The Morgan fingerprint density at radius 3 is 2.53 bits per heavy atom. The molecule has 0 bridgehead atoms. The van der Waals surface area contributed by atoms with E-state index in [0.717, 1.165) is 44.0 Å². The normalized spacial score (nSPS) is 16.2. The maximum Gasteiger partial charge on any atom is 0.191 e. The first-order valence-electron chi connectivity index (χ1n) is 11.3. The average Bonchev–Trinajstić information content (AvgIpc) is 2.80. The van der Waals surface area contributed by atoms with E-state index in [-0.39, 0.29) is 29.7 Å². The molecular weight excluding hydrogens is 515 g/mol. The van der Waals surface area contributed by atoms with Crippen molar-refractivity contribution in [3.63, 3.8) is 0 Å². The standard InChI is InChI=1S/C25H36N4O2.HI/c1-4-26-25(27-15-12-21-10-11-23(31-3)18-24(21)30)28-22-13-16-29(17-14-22)19(2)20-8-6-5-7-9-20;/h5-11,18-19,22,30H,4,12-17H2,1-3H3,(H2,26,27,28);1H. The van der Waals surface area contributed by atoms with Gasteiger partial charge in [-0.3, -0.25) is 9.89 Å². The Kier molecular flexibility index (Phi) is 11.1. The van der Waals surface area contributed by atoms with Gasteiger partial charge in [0.2, 0.25) is 0 Å². The summed E-state index contributed by atoms with van der Waals surface area (Å²) in [4.78, 5) is 7.29. The molecule has 1 heterocycles. The second kappa shape index (κ2) is 13.5. The SMILES string of the molecule is CCNC(=NCCc1ccc(OC)cc1O)NC1CCN(C(C)c2ccccc2)CC1.I. The maximum atomic E-state index is 10.1. The lowest BCUT2D eigenvalue weighted by Crippen LogP contribution is -2.49. The van der Waals surface area contributed by atoms with Crippen molar-refractivity contribution >= 4 is 29.9 Å². The van der Waals surface area contributed by atoms with Crippen LogP contribution in [-0.2, 0) is 6.42 Å². The van der Waals surface area contributed by atoms with E-state index in [1.807, 2.05) is 12.1 Å². The van der Waals surface area contributed by atoms with E-state index in [4.69, 9.17) is 9.73 Å². The first-order chi connectivity index (χ1) is 15.1. The fourth-order valence-corrected chi connectivity index (χ4v) is 4.06. The van der Waals surface area contributed by atoms with Gasteiger partial charge in [-0.25, -0.2) is 0 Å². The lowest BCUT2D eigenvalue weighted by atomic mass is 10.0. The van der Waals surface area contributed by atoms with E-state index in [1.165, 1.54) is 5.56 Å².